The first-order chi connectivity index (χ1) is 20.9. The van der Waals surface area contributed by atoms with Crippen molar-refractivity contribution < 1.29 is 14.3 Å². The number of piperidine rings is 1. The van der Waals surface area contributed by atoms with E-state index in [1.807, 2.05) is 79.2 Å². The maximum atomic E-state index is 13.9. The molecule has 10 nitrogen and oxygen atoms in total. The fraction of sp³-hybridized carbons (Fsp3) is 0.424. The molecule has 2 atom stereocenters. The molecule has 3 fully saturated rings. The Kier molecular flexibility index (Phi) is 7.18. The molecule has 0 radical (unpaired) electrons. The van der Waals surface area contributed by atoms with Gasteiger partial charge in [0.15, 0.2) is 0 Å². The molecule has 3 aromatic rings. The number of ether oxygens (including phenoxy) is 2. The number of hydrogen-bond acceptors (Lipinski definition) is 8. The molecule has 7 rings (SSSR count). The maximum Gasteiger partial charge on any atom is 0.410 e. The zero-order chi connectivity index (χ0) is 29.7. The monoisotopic (exact) mass is 582 g/mol. The van der Waals surface area contributed by atoms with Gasteiger partial charge in [0.1, 0.15) is 12.4 Å². The lowest BCUT2D eigenvalue weighted by atomic mass is 9.82. The van der Waals surface area contributed by atoms with E-state index < -0.39 is 0 Å². The summed E-state index contributed by atoms with van der Waals surface area (Å²) in [7, 11) is 1.99. The Balaban J connectivity index is 1.15. The second-order valence-corrected chi connectivity index (χ2v) is 12.3. The van der Waals surface area contributed by atoms with Crippen LogP contribution in [0.15, 0.2) is 70.5 Å². The Morgan fingerprint density at radius 2 is 1.74 bits per heavy atom. The Hall–Kier alpha value is -4.15. The van der Waals surface area contributed by atoms with Crippen LogP contribution in [0.1, 0.15) is 35.6 Å². The van der Waals surface area contributed by atoms with Crippen molar-refractivity contribution in [3.8, 4) is 11.1 Å². The second kappa shape index (κ2) is 11.2. The smallest absolute Gasteiger partial charge is 0.410 e. The van der Waals surface area contributed by atoms with Crippen molar-refractivity contribution in [2.75, 3.05) is 33.4 Å². The number of hydrogen-bond donors (Lipinski definition) is 1. The molecule has 224 valence electrons. The predicted octanol–water partition coefficient (Wildman–Crippen LogP) is 4.05. The summed E-state index contributed by atoms with van der Waals surface area (Å²) in [5.74, 6) is 8.25. The molecule has 43 heavy (non-hydrogen) atoms. The lowest BCUT2D eigenvalue weighted by Crippen LogP contribution is -2.66. The molecule has 2 bridgehead atoms. The number of fused-ring (bicyclic) bond motifs is 3. The molecule has 1 saturated carbocycles. The summed E-state index contributed by atoms with van der Waals surface area (Å²) in [4.78, 5) is 35.8. The van der Waals surface area contributed by atoms with Gasteiger partial charge in [0.2, 0.25) is 5.96 Å². The molecule has 1 aromatic heterocycles. The molecule has 2 aromatic carbocycles. The van der Waals surface area contributed by atoms with Crippen molar-refractivity contribution in [1.82, 2.24) is 19.4 Å². The van der Waals surface area contributed by atoms with Gasteiger partial charge in [-0.05, 0) is 42.5 Å². The summed E-state index contributed by atoms with van der Waals surface area (Å²) in [6, 6.07) is 19.8. The molecule has 2 unspecified atom stereocenters. The van der Waals surface area contributed by atoms with Crippen molar-refractivity contribution in [2.24, 2.45) is 22.7 Å². The number of guanidine groups is 1. The van der Waals surface area contributed by atoms with Gasteiger partial charge >= 0.3 is 6.09 Å². The summed E-state index contributed by atoms with van der Waals surface area (Å²) in [6.45, 7) is 4.84. The Morgan fingerprint density at radius 1 is 1.05 bits per heavy atom. The zero-order valence-electron chi connectivity index (χ0n) is 24.7. The molecule has 4 aliphatic rings. The molecular formula is C33H38N6O4. The number of nitrogens with two attached hydrogens (primary N) is 1. The van der Waals surface area contributed by atoms with E-state index in [-0.39, 0.29) is 42.2 Å². The van der Waals surface area contributed by atoms with E-state index >= 15 is 0 Å². The van der Waals surface area contributed by atoms with Gasteiger partial charge in [-0.15, -0.1) is 0 Å². The number of amides is 1. The number of aromatic nitrogens is 1. The number of carbonyl (C=O) groups is 1. The maximum absolute atomic E-state index is 13.9. The average Bonchev–Trinajstić information content (AvgIpc) is 3.85. The third kappa shape index (κ3) is 5.19. The van der Waals surface area contributed by atoms with Crippen LogP contribution in [0.5, 0.6) is 0 Å². The van der Waals surface area contributed by atoms with Gasteiger partial charge in [-0.2, -0.15) is 4.99 Å². The van der Waals surface area contributed by atoms with E-state index in [2.05, 4.69) is 4.90 Å². The van der Waals surface area contributed by atoms with Crippen LogP contribution in [0.2, 0.25) is 0 Å². The third-order valence-corrected chi connectivity index (χ3v) is 9.14. The van der Waals surface area contributed by atoms with E-state index in [0.717, 1.165) is 40.7 Å². The van der Waals surface area contributed by atoms with E-state index in [0.29, 0.717) is 44.6 Å². The number of benzene rings is 2. The van der Waals surface area contributed by atoms with Crippen molar-refractivity contribution in [1.29, 1.82) is 0 Å². The van der Waals surface area contributed by atoms with E-state index in [1.165, 1.54) is 0 Å². The Morgan fingerprint density at radius 3 is 2.44 bits per heavy atom. The quantitative estimate of drug-likeness (QED) is 0.358. The molecule has 2 N–H and O–H groups in total. The zero-order valence-corrected chi connectivity index (χ0v) is 24.7. The van der Waals surface area contributed by atoms with Gasteiger partial charge in [0, 0.05) is 55.7 Å². The van der Waals surface area contributed by atoms with Gasteiger partial charge in [0.25, 0.3) is 5.56 Å². The first-order valence-corrected chi connectivity index (χ1v) is 15.1. The summed E-state index contributed by atoms with van der Waals surface area (Å²) >= 11 is 0. The minimum absolute atomic E-state index is 0.000586. The van der Waals surface area contributed by atoms with Gasteiger partial charge < -0.3 is 19.3 Å². The first-order valence-electron chi connectivity index (χ1n) is 15.1. The van der Waals surface area contributed by atoms with Gasteiger partial charge in [-0.1, -0.05) is 54.6 Å². The molecule has 1 amide bonds. The van der Waals surface area contributed by atoms with Crippen molar-refractivity contribution in [3.05, 3.63) is 87.7 Å². The fourth-order valence-electron chi connectivity index (χ4n) is 6.89. The topological polar surface area (TPSA) is 106 Å². The highest BCUT2D eigenvalue weighted by Gasteiger charge is 2.46. The number of hydrazine groups is 1. The number of pyridine rings is 1. The standard InChI is InChI=1S/C33H38N6O4/c1-21-8-6-7-11-27(21)28-14-23-15-36(2)32(35-30(23)38(31(28)40)26-12-13-26)39(34)29-24-16-37(17-25(29)20-42-19-24)33(41)43-18-22-9-4-3-5-10-22/h3-11,14,24-26,29H,12-13,15-20,34H2,1-2H3. The lowest BCUT2D eigenvalue weighted by Gasteiger charge is -2.50. The largest absolute Gasteiger partial charge is 0.445 e. The van der Waals surface area contributed by atoms with Crippen LogP contribution < -0.4 is 11.4 Å². The minimum Gasteiger partial charge on any atom is -0.445 e. The molecular weight excluding hydrogens is 544 g/mol. The number of aliphatic imine (C=N–C) groups is 1. The SMILES string of the molecule is Cc1ccccc1-c1cc2c(n(C3CC3)c1=O)N=C(N(N)C1C3COCC1CN(C(=O)OCc1ccccc1)C3)N(C)C2. The molecule has 10 heteroatoms. The number of likely N-dealkylation sites (tertiary alicyclic amines) is 1. The lowest BCUT2D eigenvalue weighted by molar-refractivity contribution is -0.0854. The van der Waals surface area contributed by atoms with Crippen LogP contribution >= 0.6 is 0 Å². The molecule has 2 saturated heterocycles. The average molecular weight is 583 g/mol. The summed E-state index contributed by atoms with van der Waals surface area (Å²) in [5.41, 5.74) is 4.73. The highest BCUT2D eigenvalue weighted by Crippen LogP contribution is 2.41. The molecule has 4 heterocycles. The molecule has 0 spiro atoms. The summed E-state index contributed by atoms with van der Waals surface area (Å²) < 4.78 is 13.5. The second-order valence-electron chi connectivity index (χ2n) is 12.3. The van der Waals surface area contributed by atoms with Gasteiger partial charge in [-0.3, -0.25) is 14.4 Å². The van der Waals surface area contributed by atoms with Gasteiger partial charge in [0.05, 0.1) is 19.3 Å². The summed E-state index contributed by atoms with van der Waals surface area (Å²) in [6.07, 6.45) is 1.62. The van der Waals surface area contributed by atoms with E-state index in [4.69, 9.17) is 20.3 Å². The predicted molar refractivity (Wildman–Crippen MR) is 164 cm³/mol. The summed E-state index contributed by atoms with van der Waals surface area (Å²) in [5, 5.41) is 1.77. The van der Waals surface area contributed by atoms with Crippen LogP contribution in [-0.4, -0.2) is 70.8 Å². The van der Waals surface area contributed by atoms with Crippen LogP contribution in [0, 0.1) is 18.8 Å². The van der Waals surface area contributed by atoms with Crippen LogP contribution in [0.25, 0.3) is 11.1 Å². The van der Waals surface area contributed by atoms with Crippen molar-refractivity contribution in [2.45, 2.75) is 45.0 Å². The normalized spacial score (nSPS) is 23.0. The van der Waals surface area contributed by atoms with Crippen LogP contribution in [-0.2, 0) is 22.6 Å². The number of nitrogens with zero attached hydrogens (tertiary/aromatic N) is 5. The van der Waals surface area contributed by atoms with Crippen molar-refractivity contribution >= 4 is 17.9 Å². The van der Waals surface area contributed by atoms with Gasteiger partial charge in [-0.25, -0.2) is 10.6 Å². The number of carbonyl (C=O) groups excluding carboxylic acids is 1. The number of rotatable bonds is 5. The highest BCUT2D eigenvalue weighted by molar-refractivity contribution is 5.85. The molecule has 1 aliphatic carbocycles. The van der Waals surface area contributed by atoms with Crippen molar-refractivity contribution in [3.63, 3.8) is 0 Å². The van der Waals surface area contributed by atoms with E-state index in [1.54, 1.807) is 9.91 Å². The first kappa shape index (κ1) is 27.7. The van der Waals surface area contributed by atoms with Crippen LogP contribution in [0.4, 0.5) is 10.6 Å². The minimum atomic E-state index is -0.318. The van der Waals surface area contributed by atoms with Crippen LogP contribution in [0.3, 0.4) is 0 Å². The fourth-order valence-corrected chi connectivity index (χ4v) is 6.89. The third-order valence-electron chi connectivity index (χ3n) is 9.14. The Bertz CT molecular complexity index is 1600. The highest BCUT2D eigenvalue weighted by atomic mass is 16.6. The number of aryl methyl sites for hydroxylation is 1. The molecule has 3 aliphatic heterocycles. The Labute approximate surface area is 251 Å². The van der Waals surface area contributed by atoms with E-state index in [9.17, 15) is 9.59 Å².